The largest absolute Gasteiger partial charge is 0.367 e. The fourth-order valence-corrected chi connectivity index (χ4v) is 1.01. The zero-order chi connectivity index (χ0) is 12.5. The maximum atomic E-state index is 13.1. The third-order valence-corrected chi connectivity index (χ3v) is 1.94. The summed E-state index contributed by atoms with van der Waals surface area (Å²) in [7, 11) is 0. The van der Waals surface area contributed by atoms with Crippen LogP contribution in [0.5, 0.6) is 0 Å². The van der Waals surface area contributed by atoms with Crippen molar-refractivity contribution in [3.05, 3.63) is 36.0 Å². The van der Waals surface area contributed by atoms with Crippen LogP contribution in [0.3, 0.4) is 0 Å². The van der Waals surface area contributed by atoms with E-state index in [2.05, 4.69) is 6.58 Å². The fourth-order valence-electron chi connectivity index (χ4n) is 1.01. The number of rotatable bonds is 0. The number of allylic oxidation sites excluding steroid dienone is 5. The number of Topliss-reactive ketones (excluding diaryl/α,β-unsaturated/α-hetero) is 2. The Morgan fingerprint density at radius 3 is 2.31 bits per heavy atom. The van der Waals surface area contributed by atoms with E-state index >= 15 is 0 Å². The SMILES string of the molecule is C=C1C(=O)C(F)(F)C(=O)C/C(F)=C\C=C1F. The van der Waals surface area contributed by atoms with Crippen LogP contribution in [0, 0.1) is 0 Å². The van der Waals surface area contributed by atoms with E-state index in [1.54, 1.807) is 0 Å². The highest BCUT2D eigenvalue weighted by Gasteiger charge is 2.48. The summed E-state index contributed by atoms with van der Waals surface area (Å²) in [5.74, 6) is -11.1. The molecule has 1 aliphatic carbocycles. The van der Waals surface area contributed by atoms with Crippen LogP contribution in [-0.2, 0) is 9.59 Å². The molecule has 0 spiro atoms. The van der Waals surface area contributed by atoms with Gasteiger partial charge in [0, 0.05) is 0 Å². The van der Waals surface area contributed by atoms with Gasteiger partial charge in [0.25, 0.3) is 0 Å². The molecule has 6 heteroatoms. The lowest BCUT2D eigenvalue weighted by molar-refractivity contribution is -0.153. The molecular weight excluding hydrogens is 228 g/mol. The highest BCUT2D eigenvalue weighted by molar-refractivity contribution is 6.17. The Morgan fingerprint density at radius 2 is 1.75 bits per heavy atom. The van der Waals surface area contributed by atoms with Crippen molar-refractivity contribution >= 4 is 11.6 Å². The van der Waals surface area contributed by atoms with Gasteiger partial charge in [-0.2, -0.15) is 8.78 Å². The smallest absolute Gasteiger partial charge is 0.292 e. The van der Waals surface area contributed by atoms with Crippen LogP contribution < -0.4 is 0 Å². The maximum absolute atomic E-state index is 13.1. The first-order chi connectivity index (χ1) is 7.26. The topological polar surface area (TPSA) is 34.1 Å². The molecule has 2 nitrogen and oxygen atoms in total. The predicted molar refractivity (Wildman–Crippen MR) is 47.1 cm³/mol. The summed E-state index contributed by atoms with van der Waals surface area (Å²) >= 11 is 0. The Balaban J connectivity index is 3.28. The normalized spacial score (nSPS) is 25.1. The van der Waals surface area contributed by atoms with Gasteiger partial charge in [-0.3, -0.25) is 9.59 Å². The van der Waals surface area contributed by atoms with E-state index in [0.717, 1.165) is 0 Å². The average molecular weight is 234 g/mol. The molecule has 0 fully saturated rings. The Labute approximate surface area is 87.9 Å². The maximum Gasteiger partial charge on any atom is 0.367 e. The molecule has 0 heterocycles. The lowest BCUT2D eigenvalue weighted by Crippen LogP contribution is -2.38. The molecule has 0 radical (unpaired) electrons. The van der Waals surface area contributed by atoms with Gasteiger partial charge < -0.3 is 0 Å². The van der Waals surface area contributed by atoms with Crippen LogP contribution in [0.4, 0.5) is 17.6 Å². The molecule has 0 saturated heterocycles. The molecule has 0 N–H and O–H groups in total. The Bertz CT molecular complexity index is 432. The Kier molecular flexibility index (Phi) is 3.11. The van der Waals surface area contributed by atoms with Crippen molar-refractivity contribution < 1.29 is 27.2 Å². The van der Waals surface area contributed by atoms with Crippen molar-refractivity contribution in [3.8, 4) is 0 Å². The average Bonchev–Trinajstić information content (AvgIpc) is 2.23. The lowest BCUT2D eigenvalue weighted by atomic mass is 10.0. The van der Waals surface area contributed by atoms with Crippen molar-refractivity contribution in [2.24, 2.45) is 0 Å². The van der Waals surface area contributed by atoms with Crippen molar-refractivity contribution in [2.75, 3.05) is 0 Å². The summed E-state index contributed by atoms with van der Waals surface area (Å²) in [6.07, 6.45) is -0.271. The molecule has 16 heavy (non-hydrogen) atoms. The van der Waals surface area contributed by atoms with Crippen LogP contribution >= 0.6 is 0 Å². The van der Waals surface area contributed by atoms with E-state index < -0.39 is 41.1 Å². The van der Waals surface area contributed by atoms with Gasteiger partial charge in [0.15, 0.2) is 0 Å². The highest BCUT2D eigenvalue weighted by atomic mass is 19.3. The Morgan fingerprint density at radius 1 is 1.19 bits per heavy atom. The molecular formula is C10H6F4O2. The summed E-state index contributed by atoms with van der Waals surface area (Å²) in [5.41, 5.74) is -1.15. The minimum absolute atomic E-state index is 0.476. The van der Waals surface area contributed by atoms with E-state index in [0.29, 0.717) is 12.2 Å². The van der Waals surface area contributed by atoms with E-state index in [1.165, 1.54) is 0 Å². The highest BCUT2D eigenvalue weighted by Crippen LogP contribution is 2.28. The van der Waals surface area contributed by atoms with E-state index in [4.69, 9.17) is 0 Å². The van der Waals surface area contributed by atoms with Crippen LogP contribution in [0.15, 0.2) is 36.0 Å². The van der Waals surface area contributed by atoms with Crippen LogP contribution in [0.25, 0.3) is 0 Å². The number of carbonyl (C=O) groups is 2. The third-order valence-electron chi connectivity index (χ3n) is 1.94. The molecule has 1 aliphatic rings. The van der Waals surface area contributed by atoms with Gasteiger partial charge in [-0.25, -0.2) is 8.78 Å². The minimum Gasteiger partial charge on any atom is -0.292 e. The first kappa shape index (κ1) is 12.4. The van der Waals surface area contributed by atoms with Gasteiger partial charge in [-0.15, -0.1) is 0 Å². The third kappa shape index (κ3) is 2.10. The van der Waals surface area contributed by atoms with Crippen molar-refractivity contribution in [3.63, 3.8) is 0 Å². The van der Waals surface area contributed by atoms with Crippen molar-refractivity contribution in [1.29, 1.82) is 0 Å². The summed E-state index contributed by atoms with van der Waals surface area (Å²) in [6, 6.07) is 0. The quantitative estimate of drug-likeness (QED) is 0.366. The van der Waals surface area contributed by atoms with E-state index in [1.807, 2.05) is 0 Å². The van der Waals surface area contributed by atoms with Gasteiger partial charge in [0.1, 0.15) is 11.7 Å². The van der Waals surface area contributed by atoms with Gasteiger partial charge in [0.2, 0.25) is 11.6 Å². The molecule has 0 aromatic carbocycles. The van der Waals surface area contributed by atoms with E-state index in [9.17, 15) is 27.2 Å². The first-order valence-electron chi connectivity index (χ1n) is 4.14. The van der Waals surface area contributed by atoms with Gasteiger partial charge in [-0.05, 0) is 12.2 Å². The molecule has 0 amide bonds. The van der Waals surface area contributed by atoms with Crippen LogP contribution in [0.2, 0.25) is 0 Å². The molecule has 0 aromatic heterocycles. The number of hydrogen-bond donors (Lipinski definition) is 0. The molecule has 0 bridgehead atoms. The van der Waals surface area contributed by atoms with Gasteiger partial charge in [-0.1, -0.05) is 6.58 Å². The lowest BCUT2D eigenvalue weighted by Gasteiger charge is -2.12. The summed E-state index contributed by atoms with van der Waals surface area (Å²) < 4.78 is 51.9. The van der Waals surface area contributed by atoms with Gasteiger partial charge in [0.05, 0.1) is 12.0 Å². The standard InChI is InChI=1S/C10H6F4O2/c1-5-7(12)3-2-6(11)4-8(15)10(13,14)9(5)16/h2-3H,1,4H2/b6-2+,7-3?. The second-order valence-electron chi connectivity index (χ2n) is 3.11. The minimum atomic E-state index is -4.45. The Hall–Kier alpha value is -1.72. The molecule has 0 saturated carbocycles. The number of ketones is 2. The zero-order valence-corrected chi connectivity index (χ0v) is 7.90. The number of hydrogen-bond acceptors (Lipinski definition) is 2. The summed E-state index contributed by atoms with van der Waals surface area (Å²) in [6.45, 7) is 2.80. The number of alkyl halides is 2. The first-order valence-corrected chi connectivity index (χ1v) is 4.14. The molecule has 0 aromatic rings. The predicted octanol–water partition coefficient (Wildman–Crippen LogP) is 2.43. The zero-order valence-electron chi connectivity index (χ0n) is 7.90. The van der Waals surface area contributed by atoms with Crippen LogP contribution in [-0.4, -0.2) is 17.5 Å². The second-order valence-corrected chi connectivity index (χ2v) is 3.11. The summed E-state index contributed by atoms with van der Waals surface area (Å²) in [4.78, 5) is 21.9. The molecule has 0 aliphatic heterocycles. The molecule has 86 valence electrons. The fraction of sp³-hybridized carbons (Fsp3) is 0.200. The molecule has 0 unspecified atom stereocenters. The second kappa shape index (κ2) is 4.03. The number of carbonyl (C=O) groups excluding carboxylic acids is 2. The van der Waals surface area contributed by atoms with Gasteiger partial charge >= 0.3 is 5.92 Å². The molecule has 0 atom stereocenters. The summed E-state index contributed by atoms with van der Waals surface area (Å²) in [5, 5.41) is 0. The van der Waals surface area contributed by atoms with Crippen molar-refractivity contribution in [2.45, 2.75) is 12.3 Å². The monoisotopic (exact) mass is 234 g/mol. The molecule has 1 rings (SSSR count). The number of halogens is 4. The van der Waals surface area contributed by atoms with E-state index in [-0.39, 0.29) is 0 Å². The van der Waals surface area contributed by atoms with Crippen molar-refractivity contribution in [1.82, 2.24) is 0 Å². The van der Waals surface area contributed by atoms with Crippen LogP contribution in [0.1, 0.15) is 6.42 Å².